The van der Waals surface area contributed by atoms with Crippen LogP contribution in [0.3, 0.4) is 0 Å². The van der Waals surface area contributed by atoms with Crippen molar-refractivity contribution in [1.82, 2.24) is 4.90 Å². The van der Waals surface area contributed by atoms with Crippen LogP contribution in [-0.2, 0) is 28.4 Å². The highest BCUT2D eigenvalue weighted by Crippen LogP contribution is 2.19. The van der Waals surface area contributed by atoms with E-state index < -0.39 is 0 Å². The summed E-state index contributed by atoms with van der Waals surface area (Å²) in [5.74, 6) is 0. The molecule has 3 rings (SSSR count). The Morgan fingerprint density at radius 2 is 1.28 bits per heavy atom. The van der Waals surface area contributed by atoms with Gasteiger partial charge in [0.25, 0.3) is 0 Å². The van der Waals surface area contributed by atoms with Crippen molar-refractivity contribution in [1.29, 1.82) is 0 Å². The van der Waals surface area contributed by atoms with Crippen LogP contribution in [0, 0.1) is 0 Å². The number of nitrogens with zero attached hydrogens (tertiary/aromatic N) is 1. The molecule has 0 spiro atoms. The first-order valence-corrected chi connectivity index (χ1v) is 9.13. The maximum atomic E-state index is 5.90. The van der Waals surface area contributed by atoms with Gasteiger partial charge >= 0.3 is 0 Å². The van der Waals surface area contributed by atoms with E-state index in [1.54, 1.807) is 0 Å². The summed E-state index contributed by atoms with van der Waals surface area (Å²) in [6.07, 6.45) is 0.165. The summed E-state index contributed by atoms with van der Waals surface area (Å²) in [5.41, 5.74) is 11.2. The highest BCUT2D eigenvalue weighted by Gasteiger charge is 2.33. The zero-order chi connectivity index (χ0) is 17.6. The van der Waals surface area contributed by atoms with Crippen LogP contribution >= 0.6 is 0 Å². The Kier molecular flexibility index (Phi) is 7.40. The van der Waals surface area contributed by atoms with Gasteiger partial charge < -0.3 is 39.9 Å². The quantitative estimate of drug-likeness (QED) is 0.525. The van der Waals surface area contributed by atoms with Crippen LogP contribution in [-0.4, -0.2) is 94.6 Å². The van der Waals surface area contributed by atoms with E-state index in [1.165, 1.54) is 0 Å². The Balaban J connectivity index is 1.52. The van der Waals surface area contributed by atoms with E-state index in [4.69, 9.17) is 39.9 Å². The standard InChI is InChI=1S/C16H31N3O6/c1-2-11-8-21-15(23-11)6-19(5-13-10-20-14(4-18)25-13)7-16-22-9-12(3-17)24-16/h11-16H,2-10,17-18H2,1H3. The Morgan fingerprint density at radius 3 is 1.80 bits per heavy atom. The Labute approximate surface area is 148 Å². The van der Waals surface area contributed by atoms with Crippen molar-refractivity contribution in [2.24, 2.45) is 11.5 Å². The number of hydrogen-bond donors (Lipinski definition) is 2. The van der Waals surface area contributed by atoms with Gasteiger partial charge in [0.1, 0.15) is 0 Å². The van der Waals surface area contributed by atoms with Gasteiger partial charge in [0.2, 0.25) is 0 Å². The zero-order valence-electron chi connectivity index (χ0n) is 14.9. The van der Waals surface area contributed by atoms with Crippen LogP contribution in [0.5, 0.6) is 0 Å². The Morgan fingerprint density at radius 1 is 0.720 bits per heavy atom. The van der Waals surface area contributed by atoms with Crippen molar-refractivity contribution in [3.63, 3.8) is 0 Å². The van der Waals surface area contributed by atoms with E-state index in [0.717, 1.165) is 6.42 Å². The lowest BCUT2D eigenvalue weighted by Gasteiger charge is -2.28. The summed E-state index contributed by atoms with van der Waals surface area (Å²) in [6, 6.07) is 0. The van der Waals surface area contributed by atoms with Crippen LogP contribution in [0.15, 0.2) is 0 Å². The van der Waals surface area contributed by atoms with Crippen LogP contribution in [0.2, 0.25) is 0 Å². The predicted molar refractivity (Wildman–Crippen MR) is 88.7 cm³/mol. The lowest BCUT2D eigenvalue weighted by atomic mass is 10.3. The molecule has 3 heterocycles. The molecule has 3 aliphatic rings. The molecule has 4 N–H and O–H groups in total. The first-order chi connectivity index (χ1) is 12.2. The Bertz CT molecular complexity index is 347. The minimum absolute atomic E-state index is 0.0383. The number of hydrogen-bond acceptors (Lipinski definition) is 9. The molecule has 0 aromatic heterocycles. The summed E-state index contributed by atoms with van der Waals surface area (Å²) in [7, 11) is 0. The molecule has 9 heteroatoms. The maximum absolute atomic E-state index is 5.90. The lowest BCUT2D eigenvalue weighted by Crippen LogP contribution is -2.44. The molecule has 6 unspecified atom stereocenters. The number of nitrogens with two attached hydrogens (primary N) is 2. The second kappa shape index (κ2) is 9.54. The average molecular weight is 361 g/mol. The van der Waals surface area contributed by atoms with E-state index in [-0.39, 0.29) is 37.2 Å². The second-order valence-electron chi connectivity index (χ2n) is 6.66. The van der Waals surface area contributed by atoms with Crippen molar-refractivity contribution < 1.29 is 28.4 Å². The van der Waals surface area contributed by atoms with Crippen molar-refractivity contribution in [3.8, 4) is 0 Å². The van der Waals surface area contributed by atoms with Crippen LogP contribution in [0.4, 0.5) is 0 Å². The Hall–Kier alpha value is -0.360. The van der Waals surface area contributed by atoms with Gasteiger partial charge in [-0.25, -0.2) is 0 Å². The molecular weight excluding hydrogens is 330 g/mol. The first kappa shape index (κ1) is 19.4. The fourth-order valence-electron chi connectivity index (χ4n) is 3.21. The molecule has 6 atom stereocenters. The molecule has 0 saturated carbocycles. The average Bonchev–Trinajstić information content (AvgIpc) is 3.35. The van der Waals surface area contributed by atoms with E-state index in [0.29, 0.717) is 52.5 Å². The summed E-state index contributed by atoms with van der Waals surface area (Å²) < 4.78 is 34.4. The van der Waals surface area contributed by atoms with Gasteiger partial charge in [-0.15, -0.1) is 0 Å². The monoisotopic (exact) mass is 361 g/mol. The van der Waals surface area contributed by atoms with Crippen molar-refractivity contribution in [3.05, 3.63) is 0 Å². The molecular formula is C16H31N3O6. The van der Waals surface area contributed by atoms with E-state index in [9.17, 15) is 0 Å². The fraction of sp³-hybridized carbons (Fsp3) is 1.00. The maximum Gasteiger partial charge on any atom is 0.170 e. The van der Waals surface area contributed by atoms with Crippen molar-refractivity contribution in [2.75, 3.05) is 52.5 Å². The summed E-state index contributed by atoms with van der Waals surface area (Å²) in [6.45, 7) is 6.51. The molecule has 146 valence electrons. The molecule has 25 heavy (non-hydrogen) atoms. The molecule has 3 aliphatic heterocycles. The zero-order valence-corrected chi connectivity index (χ0v) is 14.9. The molecule has 0 aliphatic carbocycles. The highest BCUT2D eigenvalue weighted by atomic mass is 16.7. The minimum Gasteiger partial charge on any atom is -0.349 e. The van der Waals surface area contributed by atoms with Gasteiger partial charge in [0, 0.05) is 32.7 Å². The van der Waals surface area contributed by atoms with Gasteiger partial charge in [-0.3, -0.25) is 4.90 Å². The highest BCUT2D eigenvalue weighted by molar-refractivity contribution is 4.77. The molecule has 0 amide bonds. The van der Waals surface area contributed by atoms with E-state index >= 15 is 0 Å². The minimum atomic E-state index is -0.323. The normalized spacial score (nSPS) is 38.9. The van der Waals surface area contributed by atoms with Gasteiger partial charge in [0.05, 0.1) is 38.1 Å². The largest absolute Gasteiger partial charge is 0.349 e. The topological polar surface area (TPSA) is 111 Å². The van der Waals surface area contributed by atoms with E-state index in [2.05, 4.69) is 11.8 Å². The molecule has 3 saturated heterocycles. The SMILES string of the molecule is CCC1COC(CN(CC2COC(CN)O2)CC2OCC(CN)O2)O1. The van der Waals surface area contributed by atoms with Gasteiger partial charge in [-0.05, 0) is 6.42 Å². The smallest absolute Gasteiger partial charge is 0.170 e. The summed E-state index contributed by atoms with van der Waals surface area (Å²) >= 11 is 0. The van der Waals surface area contributed by atoms with Gasteiger partial charge in [-0.2, -0.15) is 0 Å². The predicted octanol–water partition coefficient (Wildman–Crippen LogP) is -1.16. The van der Waals surface area contributed by atoms with Crippen molar-refractivity contribution >= 4 is 0 Å². The lowest BCUT2D eigenvalue weighted by molar-refractivity contribution is -0.114. The van der Waals surface area contributed by atoms with Crippen LogP contribution in [0.25, 0.3) is 0 Å². The third-order valence-electron chi connectivity index (χ3n) is 4.62. The molecule has 0 aromatic rings. The van der Waals surface area contributed by atoms with Gasteiger partial charge in [0.15, 0.2) is 18.9 Å². The molecule has 9 nitrogen and oxygen atoms in total. The molecule has 0 aromatic carbocycles. The third-order valence-corrected chi connectivity index (χ3v) is 4.62. The molecule has 0 radical (unpaired) electrons. The third kappa shape index (κ3) is 5.56. The van der Waals surface area contributed by atoms with Gasteiger partial charge in [-0.1, -0.05) is 6.92 Å². The summed E-state index contributed by atoms with van der Waals surface area (Å²) in [4.78, 5) is 2.18. The molecule has 3 fully saturated rings. The van der Waals surface area contributed by atoms with Crippen LogP contribution in [0.1, 0.15) is 13.3 Å². The number of ether oxygens (including phenoxy) is 6. The fourth-order valence-corrected chi connectivity index (χ4v) is 3.21. The molecule has 0 bridgehead atoms. The summed E-state index contributed by atoms with van der Waals surface area (Å²) in [5, 5.41) is 0. The van der Waals surface area contributed by atoms with Crippen LogP contribution < -0.4 is 11.5 Å². The van der Waals surface area contributed by atoms with E-state index in [1.807, 2.05) is 0 Å². The number of rotatable bonds is 9. The second-order valence-corrected chi connectivity index (χ2v) is 6.66. The van der Waals surface area contributed by atoms with Crippen molar-refractivity contribution in [2.45, 2.75) is 50.5 Å². The first-order valence-electron chi connectivity index (χ1n) is 9.13.